The van der Waals surface area contributed by atoms with E-state index in [1.807, 2.05) is 4.98 Å². The Bertz CT molecular complexity index is 2440. The standard InChI is InChI=1S/C34H16F12N4/c35-31(36,37)26-19-7-8-20(47-19)27(32(38,39)40)22-11-12-24(49-22)29(34(44,45)46)30-18(17-6-5-15-3-1-2-4-16(15)13-17)14-25(50-30)28(33(41,42)43)23-10-9-21(26)48-23/h1-14,48,50H. The largest absolute Gasteiger partial charge is 0.420 e. The lowest BCUT2D eigenvalue weighted by Gasteiger charge is -2.11. The number of alkyl halides is 12. The average Bonchev–Trinajstić information content (AvgIpc) is 3.80. The molecule has 2 aliphatic heterocycles. The van der Waals surface area contributed by atoms with Gasteiger partial charge in [-0.05, 0) is 64.9 Å². The Morgan fingerprint density at radius 3 is 1.44 bits per heavy atom. The van der Waals surface area contributed by atoms with E-state index >= 15 is 13.2 Å². The van der Waals surface area contributed by atoms with Crippen LogP contribution in [0.4, 0.5) is 52.7 Å². The van der Waals surface area contributed by atoms with Gasteiger partial charge in [-0.2, -0.15) is 52.7 Å². The van der Waals surface area contributed by atoms with Gasteiger partial charge in [0.2, 0.25) is 0 Å². The normalized spacial score (nSPS) is 13.8. The number of hydrogen-bond donors (Lipinski definition) is 2. The van der Waals surface area contributed by atoms with Crippen LogP contribution in [0.5, 0.6) is 0 Å². The van der Waals surface area contributed by atoms with Crippen LogP contribution in [0.3, 0.4) is 0 Å². The van der Waals surface area contributed by atoms with Crippen molar-refractivity contribution in [2.45, 2.75) is 24.7 Å². The van der Waals surface area contributed by atoms with E-state index in [4.69, 9.17) is 0 Å². The summed E-state index contributed by atoms with van der Waals surface area (Å²) in [6.45, 7) is 0. The van der Waals surface area contributed by atoms with Gasteiger partial charge in [0.1, 0.15) is 22.3 Å². The second-order valence-corrected chi connectivity index (χ2v) is 11.2. The van der Waals surface area contributed by atoms with Crippen LogP contribution in [0.15, 0.2) is 60.7 Å². The van der Waals surface area contributed by atoms with Gasteiger partial charge in [-0.1, -0.05) is 36.4 Å². The number of aromatic amines is 2. The maximum Gasteiger partial charge on any atom is 0.420 e. The number of benzene rings is 2. The summed E-state index contributed by atoms with van der Waals surface area (Å²) in [7, 11) is 0. The Hall–Kier alpha value is -5.54. The van der Waals surface area contributed by atoms with Crippen LogP contribution in [-0.2, 0) is 24.7 Å². The van der Waals surface area contributed by atoms with Crippen molar-refractivity contribution >= 4 is 57.1 Å². The first-order chi connectivity index (χ1) is 23.3. The molecule has 0 atom stereocenters. The number of halogens is 12. The van der Waals surface area contributed by atoms with Crippen molar-refractivity contribution in [3.63, 3.8) is 0 Å². The zero-order valence-corrected chi connectivity index (χ0v) is 24.5. The summed E-state index contributed by atoms with van der Waals surface area (Å²) >= 11 is 0. The molecule has 0 spiro atoms. The molecule has 5 aromatic rings. The van der Waals surface area contributed by atoms with Crippen LogP contribution < -0.4 is 0 Å². The highest BCUT2D eigenvalue weighted by atomic mass is 19.4. The molecule has 0 saturated heterocycles. The molecule has 8 bridgehead atoms. The molecule has 16 heteroatoms. The van der Waals surface area contributed by atoms with E-state index in [0.717, 1.165) is 6.07 Å². The Morgan fingerprint density at radius 1 is 0.420 bits per heavy atom. The van der Waals surface area contributed by atoms with Gasteiger partial charge in [-0.15, -0.1) is 0 Å². The van der Waals surface area contributed by atoms with Crippen LogP contribution in [0.1, 0.15) is 45.0 Å². The molecule has 2 N–H and O–H groups in total. The monoisotopic (exact) mass is 708 g/mol. The summed E-state index contributed by atoms with van der Waals surface area (Å²) in [6, 6.07) is 12.9. The van der Waals surface area contributed by atoms with E-state index < -0.39 is 97.4 Å². The number of fused-ring (bicyclic) bond motifs is 9. The summed E-state index contributed by atoms with van der Waals surface area (Å²) < 4.78 is 176. The van der Waals surface area contributed by atoms with Crippen molar-refractivity contribution in [2.75, 3.05) is 0 Å². The molecule has 0 unspecified atom stereocenters. The average molecular weight is 709 g/mol. The van der Waals surface area contributed by atoms with Gasteiger partial charge in [-0.25, -0.2) is 9.97 Å². The quantitative estimate of drug-likeness (QED) is 0.167. The number of nitrogens with one attached hydrogen (secondary N) is 2. The van der Waals surface area contributed by atoms with E-state index in [2.05, 4.69) is 15.0 Å². The van der Waals surface area contributed by atoms with Gasteiger partial charge in [-0.3, -0.25) is 0 Å². The number of nitrogens with zero attached hydrogens (tertiary/aromatic N) is 2. The van der Waals surface area contributed by atoms with Crippen molar-refractivity contribution in [1.82, 2.24) is 19.9 Å². The molecule has 0 fully saturated rings. The van der Waals surface area contributed by atoms with Crippen molar-refractivity contribution in [3.05, 3.63) is 106 Å². The predicted molar refractivity (Wildman–Crippen MR) is 162 cm³/mol. The van der Waals surface area contributed by atoms with Crippen molar-refractivity contribution in [2.24, 2.45) is 0 Å². The van der Waals surface area contributed by atoms with E-state index in [1.165, 1.54) is 18.2 Å². The van der Waals surface area contributed by atoms with Crippen LogP contribution in [0.25, 0.3) is 68.3 Å². The van der Waals surface area contributed by atoms with Gasteiger partial charge < -0.3 is 9.97 Å². The summed E-state index contributed by atoms with van der Waals surface area (Å²) in [5.74, 6) is 0. The zero-order chi connectivity index (χ0) is 36.0. The van der Waals surface area contributed by atoms with Crippen LogP contribution in [-0.4, -0.2) is 19.9 Å². The van der Waals surface area contributed by atoms with E-state index in [-0.39, 0.29) is 5.56 Å². The lowest BCUT2D eigenvalue weighted by Crippen LogP contribution is -2.11. The SMILES string of the molecule is FC(F)(F)c1c2nc(c(C(F)(F)F)c3ccc([nH]3)c(C(F)(F)F)c3cc(-c4ccc5ccccc5c4)c([nH]3)c(C(F)(F)F)c3nc1C=C3)C=C2. The molecule has 0 amide bonds. The van der Waals surface area contributed by atoms with Crippen LogP contribution in [0.2, 0.25) is 0 Å². The van der Waals surface area contributed by atoms with E-state index in [9.17, 15) is 39.5 Å². The third-order valence-corrected chi connectivity index (χ3v) is 8.06. The second-order valence-electron chi connectivity index (χ2n) is 11.2. The molecule has 5 heterocycles. The van der Waals surface area contributed by atoms with Gasteiger partial charge in [0, 0.05) is 5.56 Å². The summed E-state index contributed by atoms with van der Waals surface area (Å²) in [5.41, 5.74) is -15.5. The Labute approximate surface area is 271 Å². The minimum Gasteiger partial charge on any atom is -0.354 e. The van der Waals surface area contributed by atoms with Crippen molar-refractivity contribution in [3.8, 4) is 11.1 Å². The second kappa shape index (κ2) is 11.0. The lowest BCUT2D eigenvalue weighted by atomic mass is 10.00. The molecule has 256 valence electrons. The smallest absolute Gasteiger partial charge is 0.354 e. The van der Waals surface area contributed by atoms with Gasteiger partial charge in [0.25, 0.3) is 0 Å². The van der Waals surface area contributed by atoms with Crippen LogP contribution >= 0.6 is 0 Å². The summed E-state index contributed by atoms with van der Waals surface area (Å²) in [4.78, 5) is 11.3. The van der Waals surface area contributed by atoms with E-state index in [0.29, 0.717) is 47.2 Å². The Kier molecular flexibility index (Phi) is 7.24. The topological polar surface area (TPSA) is 57.4 Å². The first-order valence-corrected chi connectivity index (χ1v) is 14.3. The zero-order valence-electron chi connectivity index (χ0n) is 24.5. The number of aromatic nitrogens is 4. The van der Waals surface area contributed by atoms with Crippen molar-refractivity contribution < 1.29 is 52.7 Å². The molecule has 0 saturated carbocycles. The fourth-order valence-electron chi connectivity index (χ4n) is 6.06. The molecule has 50 heavy (non-hydrogen) atoms. The summed E-state index contributed by atoms with van der Waals surface area (Å²) in [5, 5.41) is 1.13. The van der Waals surface area contributed by atoms with Gasteiger partial charge in [0.15, 0.2) is 0 Å². The van der Waals surface area contributed by atoms with Crippen molar-refractivity contribution in [1.29, 1.82) is 0 Å². The van der Waals surface area contributed by atoms with Crippen LogP contribution in [0, 0.1) is 0 Å². The lowest BCUT2D eigenvalue weighted by molar-refractivity contribution is -0.138. The molecule has 0 radical (unpaired) electrons. The first-order valence-electron chi connectivity index (χ1n) is 14.3. The molecular formula is C34H16F12N4. The molecular weight excluding hydrogens is 692 g/mol. The maximum absolute atomic E-state index is 15.0. The molecule has 2 aromatic carbocycles. The maximum atomic E-state index is 15.0. The minimum absolute atomic E-state index is 0.00946. The number of rotatable bonds is 1. The first kappa shape index (κ1) is 33.0. The molecule has 2 aliphatic rings. The molecule has 4 nitrogen and oxygen atoms in total. The third kappa shape index (κ3) is 5.67. The number of hydrogen-bond acceptors (Lipinski definition) is 2. The highest BCUT2D eigenvalue weighted by Crippen LogP contribution is 2.45. The summed E-state index contributed by atoms with van der Waals surface area (Å²) in [6.07, 6.45) is -19.2. The fourth-order valence-corrected chi connectivity index (χ4v) is 6.06. The molecule has 3 aromatic heterocycles. The number of H-pyrrole nitrogens is 2. The van der Waals surface area contributed by atoms with Gasteiger partial charge >= 0.3 is 24.7 Å². The highest BCUT2D eigenvalue weighted by molar-refractivity contribution is 5.96. The van der Waals surface area contributed by atoms with Gasteiger partial charge in [0.05, 0.1) is 44.8 Å². The Balaban J connectivity index is 1.76. The fraction of sp³-hybridized carbons (Fsp3) is 0.118. The highest BCUT2D eigenvalue weighted by Gasteiger charge is 2.42. The molecule has 0 aliphatic carbocycles. The third-order valence-electron chi connectivity index (χ3n) is 8.06. The Morgan fingerprint density at radius 2 is 0.900 bits per heavy atom. The minimum atomic E-state index is -5.41. The molecule has 7 rings (SSSR count). The predicted octanol–water partition coefficient (Wildman–Crippen LogP) is 11.6. The van der Waals surface area contributed by atoms with E-state index in [1.54, 1.807) is 24.3 Å².